The van der Waals surface area contributed by atoms with Crippen LogP contribution in [0.5, 0.6) is 5.75 Å². The number of benzene rings is 2. The maximum absolute atomic E-state index is 12.6. The standard InChI is InChI=1S/C25H25ClN4O3/c1-25(2,3)33-24(31)28-19-8-6-14-32-23-21(19)29-30(20-9-5-4-7-17(20)15-27)22(23)16-10-12-18(26)13-11-16/h4-5,7,9-13,19H,6,8,14H2,1-3H3,(H,28,31). The van der Waals surface area contributed by atoms with Crippen LogP contribution in [0.25, 0.3) is 16.9 Å². The lowest BCUT2D eigenvalue weighted by molar-refractivity contribution is 0.0500. The van der Waals surface area contributed by atoms with Gasteiger partial charge in [0.05, 0.1) is 23.9 Å². The summed E-state index contributed by atoms with van der Waals surface area (Å²) in [5.41, 5.74) is 2.60. The maximum Gasteiger partial charge on any atom is 0.408 e. The Morgan fingerprint density at radius 1 is 1.24 bits per heavy atom. The molecule has 2 heterocycles. The number of nitrogens with zero attached hydrogens (tertiary/aromatic N) is 3. The van der Waals surface area contributed by atoms with Crippen LogP contribution < -0.4 is 10.1 Å². The third-order valence-corrected chi connectivity index (χ3v) is 5.39. The Hall–Kier alpha value is -3.50. The van der Waals surface area contributed by atoms with E-state index in [0.717, 1.165) is 12.0 Å². The second kappa shape index (κ2) is 9.16. The minimum absolute atomic E-state index is 0.404. The fourth-order valence-corrected chi connectivity index (χ4v) is 3.89. The molecule has 2 aromatic carbocycles. The quantitative estimate of drug-likeness (QED) is 0.528. The zero-order chi connectivity index (χ0) is 23.6. The van der Waals surface area contributed by atoms with Crippen molar-refractivity contribution >= 4 is 17.7 Å². The monoisotopic (exact) mass is 464 g/mol. The van der Waals surface area contributed by atoms with Gasteiger partial charge in [-0.15, -0.1) is 0 Å². The van der Waals surface area contributed by atoms with Crippen molar-refractivity contribution < 1.29 is 14.3 Å². The van der Waals surface area contributed by atoms with Crippen molar-refractivity contribution in [1.29, 1.82) is 5.26 Å². The Labute approximate surface area is 197 Å². The van der Waals surface area contributed by atoms with Crippen LogP contribution in [0.4, 0.5) is 4.79 Å². The minimum Gasteiger partial charge on any atom is -0.489 e. The fraction of sp³-hybridized carbons (Fsp3) is 0.320. The molecule has 1 aromatic heterocycles. The number of fused-ring (bicyclic) bond motifs is 1. The number of para-hydroxylation sites is 1. The summed E-state index contributed by atoms with van der Waals surface area (Å²) in [5, 5.41) is 18.1. The summed E-state index contributed by atoms with van der Waals surface area (Å²) < 4.78 is 13.3. The molecule has 1 atom stereocenters. The van der Waals surface area contributed by atoms with E-state index in [1.165, 1.54) is 0 Å². The lowest BCUT2D eigenvalue weighted by Gasteiger charge is -2.22. The SMILES string of the molecule is CC(C)(C)OC(=O)NC1CCCOc2c1nn(-c1ccccc1C#N)c2-c1ccc(Cl)cc1. The third kappa shape index (κ3) is 4.96. The highest BCUT2D eigenvalue weighted by molar-refractivity contribution is 6.30. The molecule has 1 aliphatic heterocycles. The average Bonchev–Trinajstić information content (AvgIpc) is 3.03. The van der Waals surface area contributed by atoms with Crippen LogP contribution in [0.2, 0.25) is 5.02 Å². The maximum atomic E-state index is 12.6. The number of nitriles is 1. The Bertz CT molecular complexity index is 1210. The molecule has 33 heavy (non-hydrogen) atoms. The van der Waals surface area contributed by atoms with Crippen LogP contribution in [-0.4, -0.2) is 28.1 Å². The number of nitrogens with one attached hydrogen (secondary N) is 1. The highest BCUT2D eigenvalue weighted by atomic mass is 35.5. The zero-order valence-corrected chi connectivity index (χ0v) is 19.5. The van der Waals surface area contributed by atoms with Gasteiger partial charge >= 0.3 is 6.09 Å². The van der Waals surface area contributed by atoms with Crippen LogP contribution in [-0.2, 0) is 4.74 Å². The second-order valence-corrected chi connectivity index (χ2v) is 9.24. The van der Waals surface area contributed by atoms with Crippen molar-refractivity contribution in [3.05, 3.63) is 64.8 Å². The molecule has 1 amide bonds. The predicted molar refractivity (Wildman–Crippen MR) is 126 cm³/mol. The first-order chi connectivity index (χ1) is 15.8. The molecule has 1 unspecified atom stereocenters. The summed E-state index contributed by atoms with van der Waals surface area (Å²) in [6, 6.07) is 16.4. The fourth-order valence-electron chi connectivity index (χ4n) is 3.77. The van der Waals surface area contributed by atoms with Crippen molar-refractivity contribution in [2.45, 2.75) is 45.3 Å². The summed E-state index contributed by atoms with van der Waals surface area (Å²) in [6.45, 7) is 5.94. The number of amides is 1. The van der Waals surface area contributed by atoms with Crippen molar-refractivity contribution in [3.63, 3.8) is 0 Å². The van der Waals surface area contributed by atoms with Gasteiger partial charge in [-0.25, -0.2) is 9.48 Å². The molecule has 8 heteroatoms. The number of hydrogen-bond acceptors (Lipinski definition) is 5. The topological polar surface area (TPSA) is 89.2 Å². The highest BCUT2D eigenvalue weighted by Crippen LogP contribution is 2.41. The van der Waals surface area contributed by atoms with E-state index in [9.17, 15) is 10.1 Å². The van der Waals surface area contributed by atoms with E-state index in [1.807, 2.05) is 51.1 Å². The Morgan fingerprint density at radius 2 is 1.97 bits per heavy atom. The molecule has 170 valence electrons. The van der Waals surface area contributed by atoms with E-state index < -0.39 is 17.7 Å². The normalized spacial score (nSPS) is 15.5. The summed E-state index contributed by atoms with van der Waals surface area (Å²) in [4.78, 5) is 12.6. The number of hydrogen-bond donors (Lipinski definition) is 1. The molecule has 0 fully saturated rings. The van der Waals surface area contributed by atoms with Gasteiger partial charge in [0.2, 0.25) is 0 Å². The molecule has 3 aromatic rings. The molecule has 7 nitrogen and oxygen atoms in total. The van der Waals surface area contributed by atoms with Gasteiger partial charge in [-0.3, -0.25) is 0 Å². The van der Waals surface area contributed by atoms with Crippen molar-refractivity contribution in [2.75, 3.05) is 6.61 Å². The van der Waals surface area contributed by atoms with E-state index in [2.05, 4.69) is 11.4 Å². The van der Waals surface area contributed by atoms with Gasteiger partial charge < -0.3 is 14.8 Å². The van der Waals surface area contributed by atoms with E-state index >= 15 is 0 Å². The zero-order valence-electron chi connectivity index (χ0n) is 18.8. The Balaban J connectivity index is 1.87. The number of ether oxygens (including phenoxy) is 2. The summed E-state index contributed by atoms with van der Waals surface area (Å²) in [6.07, 6.45) is 0.870. The predicted octanol–water partition coefficient (Wildman–Crippen LogP) is 5.80. The largest absolute Gasteiger partial charge is 0.489 e. The number of alkyl carbamates (subject to hydrolysis) is 1. The number of halogens is 1. The molecule has 0 saturated carbocycles. The lowest BCUT2D eigenvalue weighted by atomic mass is 10.1. The van der Waals surface area contributed by atoms with Gasteiger partial charge in [0.25, 0.3) is 0 Å². The number of carbonyl (C=O) groups is 1. The molecule has 0 saturated heterocycles. The molecular formula is C25H25ClN4O3. The average molecular weight is 465 g/mol. The van der Waals surface area contributed by atoms with Gasteiger partial charge in [-0.2, -0.15) is 10.4 Å². The molecule has 0 radical (unpaired) electrons. The molecule has 0 aliphatic carbocycles. The first-order valence-electron chi connectivity index (χ1n) is 10.8. The highest BCUT2D eigenvalue weighted by Gasteiger charge is 2.32. The van der Waals surface area contributed by atoms with Gasteiger partial charge in [0, 0.05) is 10.6 Å². The second-order valence-electron chi connectivity index (χ2n) is 8.80. The summed E-state index contributed by atoms with van der Waals surface area (Å²) in [5.74, 6) is 0.573. The molecular weight excluding hydrogens is 440 g/mol. The third-order valence-electron chi connectivity index (χ3n) is 5.14. The Morgan fingerprint density at radius 3 is 2.67 bits per heavy atom. The minimum atomic E-state index is -0.617. The Kier molecular flexibility index (Phi) is 6.30. The number of rotatable bonds is 3. The van der Waals surface area contributed by atoms with Gasteiger partial charge in [-0.1, -0.05) is 35.9 Å². The summed E-state index contributed by atoms with van der Waals surface area (Å²) >= 11 is 6.12. The van der Waals surface area contributed by atoms with E-state index in [4.69, 9.17) is 26.2 Å². The molecule has 1 aliphatic rings. The molecule has 0 bridgehead atoms. The molecule has 1 N–H and O–H groups in total. The van der Waals surface area contributed by atoms with E-state index in [1.54, 1.807) is 22.9 Å². The van der Waals surface area contributed by atoms with Gasteiger partial charge in [0.1, 0.15) is 23.1 Å². The lowest BCUT2D eigenvalue weighted by Crippen LogP contribution is -2.35. The van der Waals surface area contributed by atoms with Crippen molar-refractivity contribution in [2.24, 2.45) is 0 Å². The van der Waals surface area contributed by atoms with Gasteiger partial charge in [0.15, 0.2) is 5.75 Å². The summed E-state index contributed by atoms with van der Waals surface area (Å²) in [7, 11) is 0. The van der Waals surface area contributed by atoms with Crippen LogP contribution in [0.15, 0.2) is 48.5 Å². The van der Waals surface area contributed by atoms with Gasteiger partial charge in [-0.05, 0) is 57.9 Å². The van der Waals surface area contributed by atoms with E-state index in [0.29, 0.717) is 46.4 Å². The van der Waals surface area contributed by atoms with Crippen LogP contribution in [0.3, 0.4) is 0 Å². The van der Waals surface area contributed by atoms with Crippen LogP contribution in [0, 0.1) is 11.3 Å². The molecule has 4 rings (SSSR count). The number of carbonyl (C=O) groups excluding carboxylic acids is 1. The van der Waals surface area contributed by atoms with E-state index in [-0.39, 0.29) is 0 Å². The van der Waals surface area contributed by atoms with Crippen LogP contribution >= 0.6 is 11.6 Å². The van der Waals surface area contributed by atoms with Crippen molar-refractivity contribution in [3.8, 4) is 28.8 Å². The first kappa shape index (κ1) is 22.7. The number of aromatic nitrogens is 2. The molecule has 0 spiro atoms. The first-order valence-corrected chi connectivity index (χ1v) is 11.2. The van der Waals surface area contributed by atoms with Crippen LogP contribution in [0.1, 0.15) is 50.9 Å². The van der Waals surface area contributed by atoms with Crippen molar-refractivity contribution in [1.82, 2.24) is 15.1 Å². The smallest absolute Gasteiger partial charge is 0.408 e.